The second-order valence-electron chi connectivity index (χ2n) is 34.5. The van der Waals surface area contributed by atoms with Crippen molar-refractivity contribution < 1.29 is 96.5 Å². The fourth-order valence-electron chi connectivity index (χ4n) is 16.6. The van der Waals surface area contributed by atoms with E-state index in [0.717, 1.165) is 14.7 Å². The van der Waals surface area contributed by atoms with Crippen molar-refractivity contribution in [1.29, 1.82) is 0 Å². The molecule has 0 spiro atoms. The van der Waals surface area contributed by atoms with Crippen LogP contribution in [0.3, 0.4) is 0 Å². The molecule has 6 aromatic rings. The van der Waals surface area contributed by atoms with Crippen LogP contribution in [-0.4, -0.2) is 306 Å². The van der Waals surface area contributed by atoms with Crippen LogP contribution in [0.15, 0.2) is 97.7 Å². The van der Waals surface area contributed by atoms with E-state index < -0.39 is 249 Å². The summed E-state index contributed by atoms with van der Waals surface area (Å²) >= 11 is 0. The molecule has 9 rings (SSSR count). The van der Waals surface area contributed by atoms with Gasteiger partial charge < -0.3 is 125 Å². The van der Waals surface area contributed by atoms with E-state index >= 15 is 33.6 Å². The topological polar surface area (TPSA) is 635 Å². The molecule has 43 heteroatoms. The fraction of sp³-hybridized carbons (Fsp3) is 0.522. The van der Waals surface area contributed by atoms with Crippen LogP contribution in [-0.2, 0) is 112 Å². The van der Waals surface area contributed by atoms with E-state index in [4.69, 9.17) is 17.2 Å². The molecule has 3 aromatic heterocycles. The molecule has 3 aliphatic heterocycles. The first-order chi connectivity index (χ1) is 63.3. The van der Waals surface area contributed by atoms with Gasteiger partial charge in [-0.1, -0.05) is 108 Å². The molecule has 43 nitrogen and oxygen atoms in total. The average molecular weight is 1850 g/mol. The zero-order valence-electron chi connectivity index (χ0n) is 76.0. The number of hydrogen-bond donors (Lipinski definition) is 19. The highest BCUT2D eigenvalue weighted by Crippen LogP contribution is 2.28. The molecular formula is C90H125N23O20. The average Bonchev–Trinajstić information content (AvgIpc) is 1.69. The molecule has 18 amide bonds. The maximum atomic E-state index is 15.6. The third kappa shape index (κ3) is 28.8. The minimum Gasteiger partial charge on any atom is -0.508 e. The molecule has 3 aromatic carbocycles. The Morgan fingerprint density at radius 3 is 1.69 bits per heavy atom. The fourth-order valence-corrected chi connectivity index (χ4v) is 16.6. The number of likely N-dealkylation sites (N-methyl/N-ethyl adjacent to an activating group) is 3. The molecule has 0 bridgehead atoms. The van der Waals surface area contributed by atoms with E-state index in [1.165, 1.54) is 74.7 Å². The highest BCUT2D eigenvalue weighted by Gasteiger charge is 2.46. The summed E-state index contributed by atoms with van der Waals surface area (Å²) in [5.74, 6) is -17.4. The predicted molar refractivity (Wildman–Crippen MR) is 483 cm³/mol. The lowest BCUT2D eigenvalue weighted by atomic mass is 9.99. The zero-order chi connectivity index (χ0) is 97.0. The SMILES string of the molecule is CCCCC[C@H]1C(=O)N[C@@H](CC(C)C)C(=O)N[C@H](C(=O)NCC(N)=O)CNCC(=O)N[C@@H](Cc2ccc(O)cc2)C(=O)N(C)[C@@H](C)C(=O)NC(CC(N)=O)C(=O)N2CCC[C@H]2C(=O)N[C@@H](Cc2cnc[nH]2)C(=O)N[C@@H](CCC(N)=O)C(=O)N2C[C@H](O)C[C@H]2C(=O)N[C@@H](Cc2c[nH]c3ccccc23)C(=O)NCC(=O)N[C@@H](Cc2c[nH]c3ccccc23)C(=O)N(C)[C@@H](CCCC)C(=O)N1C. The Kier molecular flexibility index (Phi) is 37.8. The van der Waals surface area contributed by atoms with E-state index in [9.17, 15) is 63.0 Å². The number of nitrogens with two attached hydrogens (primary N) is 3. The number of phenols is 1. The Hall–Kier alpha value is -13.9. The molecule has 3 aliphatic rings. The second-order valence-corrected chi connectivity index (χ2v) is 34.5. The van der Waals surface area contributed by atoms with Crippen LogP contribution >= 0.6 is 0 Å². The lowest BCUT2D eigenvalue weighted by Crippen LogP contribution is -2.61. The van der Waals surface area contributed by atoms with Gasteiger partial charge >= 0.3 is 0 Å². The number of imidazole rings is 1. The lowest BCUT2D eigenvalue weighted by molar-refractivity contribution is -0.149. The van der Waals surface area contributed by atoms with Crippen molar-refractivity contribution >= 4 is 128 Å². The Morgan fingerprint density at radius 2 is 1.08 bits per heavy atom. The smallest absolute Gasteiger partial charge is 0.246 e. The molecule has 14 atom stereocenters. The Labute approximate surface area is 768 Å². The predicted octanol–water partition coefficient (Wildman–Crippen LogP) is -3.04. The molecule has 3 saturated heterocycles. The summed E-state index contributed by atoms with van der Waals surface area (Å²) in [5.41, 5.74) is 19.8. The molecule has 133 heavy (non-hydrogen) atoms. The first-order valence-electron chi connectivity index (χ1n) is 44.8. The van der Waals surface area contributed by atoms with Crippen LogP contribution in [0.2, 0.25) is 0 Å². The third-order valence-electron chi connectivity index (χ3n) is 24.0. The van der Waals surface area contributed by atoms with Crippen LogP contribution in [0, 0.1) is 5.92 Å². The number of carbonyl (C=O) groups excluding carboxylic acids is 18. The lowest BCUT2D eigenvalue weighted by Gasteiger charge is -2.36. The number of hydrogen-bond acceptors (Lipinski definition) is 22. The van der Waals surface area contributed by atoms with Gasteiger partial charge in [-0.15, -0.1) is 0 Å². The summed E-state index contributed by atoms with van der Waals surface area (Å²) in [6.45, 7) is 5.10. The van der Waals surface area contributed by atoms with Crippen molar-refractivity contribution in [2.24, 2.45) is 23.1 Å². The number of phenolic OH excluding ortho intramolecular Hbond substituents is 1. The minimum atomic E-state index is -1.80. The minimum absolute atomic E-state index is 0.0419. The molecule has 1 unspecified atom stereocenters. The maximum Gasteiger partial charge on any atom is 0.246 e. The largest absolute Gasteiger partial charge is 0.508 e. The van der Waals surface area contributed by atoms with Gasteiger partial charge in [0.15, 0.2) is 0 Å². The van der Waals surface area contributed by atoms with Gasteiger partial charge in [0.2, 0.25) is 106 Å². The molecule has 22 N–H and O–H groups in total. The standard InChI is InChI=1S/C90H125N23O20/c1-9-11-13-24-69-83(126)104-62(33-49(3)4)81(124)108-68(80(123)98-44-75(93)118)43-94-45-76(119)101-65(34-51-26-28-55(114)29-27-51)86(129)109(6)50(5)78(121)107-67(39-74(92)117)89(132)112-32-18-25-70(112)84(127)106-64(37-54-42-95-48-100-54)82(125)103-61(30-31-73(91)116)88(131)113-47-56(115)38-72(113)85(128)105-63(35-52-40-96-59-21-16-14-19-57(52)59)79(122)99-46-77(120)102-66(36-53-41-97-60-22-17-15-20-58(53)60)87(130)111(8)71(23-12-10-2)90(133)110(69)7/h14-17,19-22,26-29,40-42,48-50,56,61-72,94,96-97,114-115H,9-13,18,23-25,30-39,43-47H2,1-8H3,(H2,91,116)(H2,92,117)(H2,93,118)(H,95,100)(H,98,123)(H,99,122)(H,101,119)(H,102,120)(H,103,125)(H,104,126)(H,105,128)(H,106,127)(H,107,121)(H,108,124)/t50-,56+,61-,62-,63-,64-,65-,66-,67?,68-,69-,70-,71-,72-/m0/s1. The van der Waals surface area contributed by atoms with Crippen LogP contribution < -0.4 is 75.7 Å². The van der Waals surface area contributed by atoms with Crippen LogP contribution in [0.1, 0.15) is 147 Å². The molecule has 720 valence electrons. The van der Waals surface area contributed by atoms with Gasteiger partial charge in [-0.05, 0) is 92.3 Å². The number of rotatable bonds is 25. The van der Waals surface area contributed by atoms with Gasteiger partial charge in [-0.3, -0.25) is 86.3 Å². The summed E-state index contributed by atoms with van der Waals surface area (Å²) in [4.78, 5) is 280. The highest BCUT2D eigenvalue weighted by molar-refractivity contribution is 6.02. The maximum absolute atomic E-state index is 15.6. The second kappa shape index (κ2) is 48.9. The normalized spacial score (nSPS) is 24.4. The zero-order valence-corrected chi connectivity index (χ0v) is 76.0. The van der Waals surface area contributed by atoms with Crippen molar-refractivity contribution in [3.05, 3.63) is 120 Å². The van der Waals surface area contributed by atoms with Gasteiger partial charge in [0, 0.05) is 125 Å². The van der Waals surface area contributed by atoms with E-state index in [1.54, 1.807) is 74.8 Å². The number of aromatic hydroxyl groups is 1. The number of benzene rings is 3. The number of aromatic amines is 3. The van der Waals surface area contributed by atoms with Crippen molar-refractivity contribution in [3.8, 4) is 5.75 Å². The number of amides is 18. The first-order valence-corrected chi connectivity index (χ1v) is 44.8. The summed E-state index contributed by atoms with van der Waals surface area (Å²) in [6, 6.07) is -0.286. The van der Waals surface area contributed by atoms with Crippen LogP contribution in [0.5, 0.6) is 5.75 Å². The monoisotopic (exact) mass is 1850 g/mol. The van der Waals surface area contributed by atoms with Gasteiger partial charge in [0.05, 0.1) is 38.5 Å². The molecule has 0 aliphatic carbocycles. The first kappa shape index (κ1) is 103. The molecule has 6 heterocycles. The summed E-state index contributed by atoms with van der Waals surface area (Å²) < 4.78 is 0. The summed E-state index contributed by atoms with van der Waals surface area (Å²) in [5, 5.41) is 52.0. The third-order valence-corrected chi connectivity index (χ3v) is 24.0. The van der Waals surface area contributed by atoms with Crippen molar-refractivity contribution in [2.75, 3.05) is 60.4 Å². The van der Waals surface area contributed by atoms with Crippen molar-refractivity contribution in [3.63, 3.8) is 0 Å². The van der Waals surface area contributed by atoms with E-state index in [2.05, 4.69) is 78.4 Å². The number of aromatic nitrogens is 4. The Bertz CT molecular complexity index is 5160. The Balaban J connectivity index is 1.09. The molecular weight excluding hydrogens is 1720 g/mol. The summed E-state index contributed by atoms with van der Waals surface area (Å²) in [7, 11) is 3.98. The number of fused-ring (bicyclic) bond motifs is 4. The number of carbonyl (C=O) groups is 18. The van der Waals surface area contributed by atoms with Crippen LogP contribution in [0.4, 0.5) is 0 Å². The van der Waals surface area contributed by atoms with E-state index in [0.29, 0.717) is 70.6 Å². The van der Waals surface area contributed by atoms with Gasteiger partial charge in [0.25, 0.3) is 0 Å². The number of H-pyrrole nitrogens is 3. The van der Waals surface area contributed by atoms with Gasteiger partial charge in [-0.25, -0.2) is 4.98 Å². The molecule has 3 fully saturated rings. The number of nitrogens with zero attached hydrogens (tertiary/aromatic N) is 6. The molecule has 0 saturated carbocycles. The quantitative estimate of drug-likeness (QED) is 0.0253. The van der Waals surface area contributed by atoms with Crippen LogP contribution in [0.25, 0.3) is 21.8 Å². The van der Waals surface area contributed by atoms with Crippen molar-refractivity contribution in [1.82, 2.24) is 103 Å². The van der Waals surface area contributed by atoms with E-state index in [-0.39, 0.29) is 81.7 Å². The number of aliphatic hydroxyl groups is 1. The Morgan fingerprint density at radius 1 is 0.526 bits per heavy atom. The number of nitrogens with one attached hydrogen (secondary N) is 14. The number of para-hydroxylation sites is 2. The number of primary amides is 3. The van der Waals surface area contributed by atoms with Gasteiger partial charge in [-0.2, -0.15) is 0 Å². The highest BCUT2D eigenvalue weighted by atomic mass is 16.3. The summed E-state index contributed by atoms with van der Waals surface area (Å²) in [6.07, 6.45) is 3.73. The van der Waals surface area contributed by atoms with Crippen molar-refractivity contribution in [2.45, 2.75) is 235 Å². The number of aliphatic hydroxyl groups excluding tert-OH is 1. The van der Waals surface area contributed by atoms with E-state index in [1.807, 2.05) is 13.8 Å². The number of unbranched alkanes of at least 4 members (excludes halogenated alkanes) is 3. The molecule has 0 radical (unpaired) electrons. The van der Waals surface area contributed by atoms with Gasteiger partial charge in [0.1, 0.15) is 84.3 Å².